The number of carbonyl (C=O) groups excluding carboxylic acids is 1. The lowest BCUT2D eigenvalue weighted by Gasteiger charge is -2.12. The number of carbonyl (C=O) groups is 1. The topological polar surface area (TPSA) is 50.7 Å². The molecule has 0 fully saturated rings. The highest BCUT2D eigenvalue weighted by Crippen LogP contribution is 2.39. The smallest absolute Gasteiger partial charge is 0.259 e. The number of ether oxygens (including phenoxy) is 1. The number of nitrogens with one attached hydrogen (secondary N) is 1. The van der Waals surface area contributed by atoms with Crippen LogP contribution in [-0.4, -0.2) is 18.7 Å². The molecule has 4 rings (SSSR count). The standard InChI is InChI=1S/C27H28N2O2S/c1-2-18-31-23-16-11-10-12-20(23)19-28-27-25(26(30)29-21-13-6-5-7-14-21)22-15-8-3-4-9-17-24(22)32-27/h2,5-7,10-14,16,19H,1,3-4,8-9,15,17-18H2,(H,29,30). The van der Waals surface area contributed by atoms with Crippen molar-refractivity contribution in [1.29, 1.82) is 0 Å². The summed E-state index contributed by atoms with van der Waals surface area (Å²) in [6.45, 7) is 4.15. The van der Waals surface area contributed by atoms with Gasteiger partial charge < -0.3 is 10.1 Å². The number of fused-ring (bicyclic) bond motifs is 1. The number of aliphatic imine (C=N–C) groups is 1. The first-order valence-electron chi connectivity index (χ1n) is 11.1. The quantitative estimate of drug-likeness (QED) is 0.316. The molecule has 1 N–H and O–H groups in total. The van der Waals surface area contributed by atoms with Gasteiger partial charge in [-0.1, -0.05) is 55.8 Å². The first kappa shape index (κ1) is 22.0. The van der Waals surface area contributed by atoms with E-state index in [0.29, 0.717) is 6.61 Å². The predicted octanol–water partition coefficient (Wildman–Crippen LogP) is 6.97. The number of thiophene rings is 1. The Hall–Kier alpha value is -3.18. The van der Waals surface area contributed by atoms with E-state index in [2.05, 4.69) is 11.9 Å². The average molecular weight is 445 g/mol. The Kier molecular flexibility index (Phi) is 7.51. The molecule has 0 bridgehead atoms. The van der Waals surface area contributed by atoms with Crippen molar-refractivity contribution in [3.63, 3.8) is 0 Å². The van der Waals surface area contributed by atoms with Crippen molar-refractivity contribution >= 4 is 34.1 Å². The largest absolute Gasteiger partial charge is 0.489 e. The van der Waals surface area contributed by atoms with Crippen LogP contribution in [0.3, 0.4) is 0 Å². The maximum absolute atomic E-state index is 13.4. The fourth-order valence-electron chi connectivity index (χ4n) is 3.94. The fraction of sp³-hybridized carbons (Fsp3) is 0.259. The van der Waals surface area contributed by atoms with E-state index >= 15 is 0 Å². The zero-order valence-corrected chi connectivity index (χ0v) is 19.0. The molecule has 1 heterocycles. The summed E-state index contributed by atoms with van der Waals surface area (Å²) in [5.41, 5.74) is 3.56. The molecule has 0 atom stereocenters. The highest BCUT2D eigenvalue weighted by atomic mass is 32.1. The Labute approximate surface area is 193 Å². The number of amides is 1. The van der Waals surface area contributed by atoms with Crippen LogP contribution in [0.1, 0.15) is 52.0 Å². The summed E-state index contributed by atoms with van der Waals surface area (Å²) in [6.07, 6.45) is 10.2. The number of nitrogens with zero attached hydrogens (tertiary/aromatic N) is 1. The predicted molar refractivity (Wildman–Crippen MR) is 134 cm³/mol. The monoisotopic (exact) mass is 444 g/mol. The summed E-state index contributed by atoms with van der Waals surface area (Å²) in [5, 5.41) is 3.83. The molecular formula is C27H28N2O2S. The normalized spacial score (nSPS) is 13.8. The summed E-state index contributed by atoms with van der Waals surface area (Å²) >= 11 is 1.65. The van der Waals surface area contributed by atoms with Crippen molar-refractivity contribution in [3.05, 3.63) is 88.8 Å². The zero-order chi connectivity index (χ0) is 22.2. The Morgan fingerprint density at radius 2 is 1.78 bits per heavy atom. The first-order valence-corrected chi connectivity index (χ1v) is 12.0. The summed E-state index contributed by atoms with van der Waals surface area (Å²) in [5.74, 6) is 0.666. The van der Waals surface area contributed by atoms with Crippen molar-refractivity contribution < 1.29 is 9.53 Å². The molecule has 0 radical (unpaired) electrons. The van der Waals surface area contributed by atoms with Gasteiger partial charge in [0.2, 0.25) is 0 Å². The van der Waals surface area contributed by atoms with Crippen LogP contribution in [-0.2, 0) is 12.8 Å². The van der Waals surface area contributed by atoms with Crippen LogP contribution in [0, 0.1) is 0 Å². The molecule has 0 unspecified atom stereocenters. The van der Waals surface area contributed by atoms with Gasteiger partial charge in [0.25, 0.3) is 5.91 Å². The molecule has 4 nitrogen and oxygen atoms in total. The lowest BCUT2D eigenvalue weighted by atomic mass is 9.96. The van der Waals surface area contributed by atoms with E-state index < -0.39 is 0 Å². The van der Waals surface area contributed by atoms with Gasteiger partial charge in [0.15, 0.2) is 0 Å². The van der Waals surface area contributed by atoms with Gasteiger partial charge in [-0.25, -0.2) is 4.99 Å². The molecule has 2 aromatic carbocycles. The lowest BCUT2D eigenvalue weighted by Crippen LogP contribution is -2.14. The number of para-hydroxylation sites is 2. The number of benzene rings is 2. The van der Waals surface area contributed by atoms with Gasteiger partial charge in [-0.05, 0) is 55.5 Å². The third-order valence-electron chi connectivity index (χ3n) is 5.51. The first-order chi connectivity index (χ1) is 15.8. The van der Waals surface area contributed by atoms with Crippen molar-refractivity contribution in [2.75, 3.05) is 11.9 Å². The van der Waals surface area contributed by atoms with E-state index in [9.17, 15) is 4.79 Å². The van der Waals surface area contributed by atoms with Crippen LogP contribution >= 0.6 is 11.3 Å². The van der Waals surface area contributed by atoms with Gasteiger partial charge in [0, 0.05) is 22.3 Å². The third-order valence-corrected chi connectivity index (χ3v) is 6.71. The molecule has 32 heavy (non-hydrogen) atoms. The second-order valence-electron chi connectivity index (χ2n) is 7.81. The number of hydrogen-bond donors (Lipinski definition) is 1. The van der Waals surface area contributed by atoms with Crippen LogP contribution in [0.2, 0.25) is 0 Å². The van der Waals surface area contributed by atoms with Gasteiger partial charge in [-0.2, -0.15) is 0 Å². The van der Waals surface area contributed by atoms with Gasteiger partial charge >= 0.3 is 0 Å². The maximum atomic E-state index is 13.4. The molecule has 1 aliphatic rings. The van der Waals surface area contributed by atoms with Crippen LogP contribution in [0.5, 0.6) is 5.75 Å². The van der Waals surface area contributed by atoms with Crippen molar-refractivity contribution in [2.24, 2.45) is 4.99 Å². The van der Waals surface area contributed by atoms with Crippen molar-refractivity contribution in [3.8, 4) is 5.75 Å². The van der Waals surface area contributed by atoms with Gasteiger partial charge in [-0.15, -0.1) is 11.3 Å². The molecule has 164 valence electrons. The van der Waals surface area contributed by atoms with Gasteiger partial charge in [-0.3, -0.25) is 4.79 Å². The molecule has 0 saturated heterocycles. The van der Waals surface area contributed by atoms with Crippen LogP contribution in [0.4, 0.5) is 10.7 Å². The van der Waals surface area contributed by atoms with Crippen molar-refractivity contribution in [2.45, 2.75) is 38.5 Å². The molecule has 1 aromatic heterocycles. The zero-order valence-electron chi connectivity index (χ0n) is 18.2. The molecular weight excluding hydrogens is 416 g/mol. The SMILES string of the molecule is C=CCOc1ccccc1C=Nc1sc2c(c1C(=O)Nc1ccccc1)CCCCCC2. The minimum Gasteiger partial charge on any atom is -0.489 e. The second kappa shape index (κ2) is 10.9. The second-order valence-corrected chi connectivity index (χ2v) is 8.90. The molecule has 0 aliphatic heterocycles. The van der Waals surface area contributed by atoms with E-state index in [-0.39, 0.29) is 5.91 Å². The van der Waals surface area contributed by atoms with Crippen molar-refractivity contribution in [1.82, 2.24) is 0 Å². The van der Waals surface area contributed by atoms with E-state index in [0.717, 1.165) is 53.2 Å². The van der Waals surface area contributed by atoms with E-state index in [1.54, 1.807) is 23.6 Å². The number of aryl methyl sites for hydroxylation is 1. The van der Waals surface area contributed by atoms with Gasteiger partial charge in [0.1, 0.15) is 17.4 Å². The Morgan fingerprint density at radius 3 is 2.59 bits per heavy atom. The average Bonchev–Trinajstić information content (AvgIpc) is 3.13. The Bertz CT molecular complexity index is 1100. The highest BCUT2D eigenvalue weighted by molar-refractivity contribution is 7.16. The summed E-state index contributed by atoms with van der Waals surface area (Å²) in [6, 6.07) is 17.4. The molecule has 0 saturated carbocycles. The molecule has 1 amide bonds. The molecule has 3 aromatic rings. The number of rotatable bonds is 7. The summed E-state index contributed by atoms with van der Waals surface area (Å²) in [4.78, 5) is 19.5. The maximum Gasteiger partial charge on any atom is 0.259 e. The van der Waals surface area contributed by atoms with Crippen LogP contribution in [0.25, 0.3) is 0 Å². The minimum absolute atomic E-state index is 0.0855. The Morgan fingerprint density at radius 1 is 1.03 bits per heavy atom. The van der Waals surface area contributed by atoms with Gasteiger partial charge in [0.05, 0.1) is 5.56 Å². The molecule has 5 heteroatoms. The van der Waals surface area contributed by atoms with Crippen LogP contribution in [0.15, 0.2) is 72.2 Å². The van der Waals surface area contributed by atoms with E-state index in [1.807, 2.05) is 54.6 Å². The molecule has 1 aliphatic carbocycles. The minimum atomic E-state index is -0.0855. The Balaban J connectivity index is 1.70. The fourth-order valence-corrected chi connectivity index (χ4v) is 5.17. The van der Waals surface area contributed by atoms with E-state index in [1.165, 1.54) is 23.3 Å². The number of hydrogen-bond acceptors (Lipinski definition) is 4. The highest BCUT2D eigenvalue weighted by Gasteiger charge is 2.24. The van der Waals surface area contributed by atoms with E-state index in [4.69, 9.17) is 9.73 Å². The third kappa shape index (κ3) is 5.35. The summed E-state index contributed by atoms with van der Waals surface area (Å²) < 4.78 is 5.76. The van der Waals surface area contributed by atoms with Crippen LogP contribution < -0.4 is 10.1 Å². The number of anilines is 1. The molecule has 0 spiro atoms. The summed E-state index contributed by atoms with van der Waals surface area (Å²) in [7, 11) is 0. The lowest BCUT2D eigenvalue weighted by molar-refractivity contribution is 0.102.